The summed E-state index contributed by atoms with van der Waals surface area (Å²) in [7, 11) is 0. The highest BCUT2D eigenvalue weighted by molar-refractivity contribution is 5.86. The standard InChI is InChI=1S/C10H15N5O4/c16-8(13-5-9(17)18)4-14-10(19)12-2-1-7-3-11-6-15-7/h3,6H,1-2,4-5H2,(H,11,15)(H,13,16)(H,17,18)(H2,12,14,19). The fourth-order valence-electron chi connectivity index (χ4n) is 1.19. The molecule has 0 aromatic carbocycles. The smallest absolute Gasteiger partial charge is 0.322 e. The molecule has 3 amide bonds. The summed E-state index contributed by atoms with van der Waals surface area (Å²) in [6, 6.07) is -0.495. The van der Waals surface area contributed by atoms with Crippen LogP contribution in [0.4, 0.5) is 4.79 Å². The largest absolute Gasteiger partial charge is 0.480 e. The maximum atomic E-state index is 11.3. The van der Waals surface area contributed by atoms with Gasteiger partial charge in [0.15, 0.2) is 0 Å². The minimum atomic E-state index is -1.14. The summed E-state index contributed by atoms with van der Waals surface area (Å²) < 4.78 is 0. The molecule has 0 atom stereocenters. The van der Waals surface area contributed by atoms with Crippen LogP contribution in [0.5, 0.6) is 0 Å². The number of imidazole rings is 1. The highest BCUT2D eigenvalue weighted by Gasteiger charge is 2.06. The van der Waals surface area contributed by atoms with Crippen molar-refractivity contribution in [1.82, 2.24) is 25.9 Å². The lowest BCUT2D eigenvalue weighted by atomic mass is 10.3. The fourth-order valence-corrected chi connectivity index (χ4v) is 1.19. The summed E-state index contributed by atoms with van der Waals surface area (Å²) in [6.07, 6.45) is 3.79. The summed E-state index contributed by atoms with van der Waals surface area (Å²) in [5.41, 5.74) is 0.888. The van der Waals surface area contributed by atoms with Crippen LogP contribution in [0.1, 0.15) is 5.69 Å². The first-order valence-electron chi connectivity index (χ1n) is 5.55. The van der Waals surface area contributed by atoms with Gasteiger partial charge >= 0.3 is 12.0 Å². The van der Waals surface area contributed by atoms with E-state index in [1.165, 1.54) is 0 Å². The first-order chi connectivity index (χ1) is 9.08. The normalized spacial score (nSPS) is 9.68. The Morgan fingerprint density at radius 2 is 2.00 bits per heavy atom. The number of H-pyrrole nitrogens is 1. The molecule has 0 aliphatic rings. The van der Waals surface area contributed by atoms with Gasteiger partial charge in [0, 0.05) is 24.9 Å². The molecule has 0 saturated carbocycles. The molecule has 0 aliphatic carbocycles. The molecule has 0 saturated heterocycles. The molecular formula is C10H15N5O4. The number of carboxylic acid groups (broad SMARTS) is 1. The topological polar surface area (TPSA) is 136 Å². The number of carbonyl (C=O) groups excluding carboxylic acids is 2. The van der Waals surface area contributed by atoms with Gasteiger partial charge in [-0.3, -0.25) is 9.59 Å². The summed E-state index contributed by atoms with van der Waals surface area (Å²) in [6.45, 7) is -0.351. The molecule has 104 valence electrons. The van der Waals surface area contributed by atoms with Crippen LogP contribution in [-0.4, -0.2) is 52.6 Å². The predicted octanol–water partition coefficient (Wildman–Crippen LogP) is -1.55. The average Bonchev–Trinajstić information content (AvgIpc) is 2.87. The van der Waals surface area contributed by atoms with E-state index in [2.05, 4.69) is 25.9 Å². The van der Waals surface area contributed by atoms with Gasteiger partial charge in [0.1, 0.15) is 6.54 Å². The van der Waals surface area contributed by atoms with Crippen molar-refractivity contribution < 1.29 is 19.5 Å². The lowest BCUT2D eigenvalue weighted by Gasteiger charge is -2.06. The maximum Gasteiger partial charge on any atom is 0.322 e. The number of hydrogen-bond acceptors (Lipinski definition) is 4. The van der Waals surface area contributed by atoms with Gasteiger partial charge in [-0.05, 0) is 0 Å². The number of nitrogens with one attached hydrogen (secondary N) is 4. The van der Waals surface area contributed by atoms with Gasteiger partial charge in [-0.25, -0.2) is 9.78 Å². The van der Waals surface area contributed by atoms with E-state index in [1.54, 1.807) is 12.5 Å². The van der Waals surface area contributed by atoms with E-state index < -0.39 is 24.5 Å². The Morgan fingerprint density at radius 3 is 2.63 bits per heavy atom. The van der Waals surface area contributed by atoms with E-state index in [0.717, 1.165) is 5.69 Å². The predicted molar refractivity (Wildman–Crippen MR) is 64.3 cm³/mol. The van der Waals surface area contributed by atoms with Crippen molar-refractivity contribution in [3.05, 3.63) is 18.2 Å². The Labute approximate surface area is 108 Å². The zero-order valence-corrected chi connectivity index (χ0v) is 10.1. The Balaban J connectivity index is 2.07. The molecular weight excluding hydrogens is 254 g/mol. The van der Waals surface area contributed by atoms with Crippen molar-refractivity contribution in [3.8, 4) is 0 Å². The van der Waals surface area contributed by atoms with Gasteiger partial charge in [-0.1, -0.05) is 0 Å². The van der Waals surface area contributed by atoms with Crippen molar-refractivity contribution >= 4 is 17.9 Å². The Bertz CT molecular complexity index is 431. The lowest BCUT2D eigenvalue weighted by Crippen LogP contribution is -2.43. The number of aliphatic carboxylic acids is 1. The molecule has 1 aromatic rings. The Kier molecular flexibility index (Phi) is 5.86. The molecule has 19 heavy (non-hydrogen) atoms. The van der Waals surface area contributed by atoms with E-state index in [-0.39, 0.29) is 6.54 Å². The van der Waals surface area contributed by atoms with E-state index in [9.17, 15) is 14.4 Å². The lowest BCUT2D eigenvalue weighted by molar-refractivity contribution is -0.137. The minimum absolute atomic E-state index is 0.275. The quantitative estimate of drug-likeness (QED) is 0.408. The molecule has 0 bridgehead atoms. The second-order valence-electron chi connectivity index (χ2n) is 3.61. The Morgan fingerprint density at radius 1 is 1.21 bits per heavy atom. The molecule has 9 heteroatoms. The van der Waals surface area contributed by atoms with Gasteiger partial charge in [-0.15, -0.1) is 0 Å². The third-order valence-corrected chi connectivity index (χ3v) is 2.08. The van der Waals surface area contributed by atoms with Gasteiger partial charge in [0.25, 0.3) is 0 Å². The molecule has 0 aliphatic heterocycles. The molecule has 0 spiro atoms. The van der Waals surface area contributed by atoms with Gasteiger partial charge in [0.2, 0.25) is 5.91 Å². The zero-order chi connectivity index (χ0) is 14.1. The monoisotopic (exact) mass is 269 g/mol. The van der Waals surface area contributed by atoms with Crippen LogP contribution in [0, 0.1) is 0 Å². The van der Waals surface area contributed by atoms with Gasteiger partial charge in [-0.2, -0.15) is 0 Å². The van der Waals surface area contributed by atoms with Crippen molar-refractivity contribution in [2.75, 3.05) is 19.6 Å². The molecule has 0 unspecified atom stereocenters. The summed E-state index contributed by atoms with van der Waals surface area (Å²) in [5, 5.41) is 15.3. The fraction of sp³-hybridized carbons (Fsp3) is 0.400. The number of aromatic nitrogens is 2. The number of rotatable bonds is 7. The molecule has 5 N–H and O–H groups in total. The van der Waals surface area contributed by atoms with Crippen molar-refractivity contribution in [2.45, 2.75) is 6.42 Å². The molecule has 1 heterocycles. The highest BCUT2D eigenvalue weighted by Crippen LogP contribution is 1.89. The summed E-state index contributed by atoms with van der Waals surface area (Å²) >= 11 is 0. The number of aromatic amines is 1. The van der Waals surface area contributed by atoms with Crippen LogP contribution in [-0.2, 0) is 16.0 Å². The van der Waals surface area contributed by atoms with Crippen molar-refractivity contribution in [2.24, 2.45) is 0 Å². The SMILES string of the molecule is O=C(O)CNC(=O)CNC(=O)NCCc1cnc[nH]1. The summed E-state index contributed by atoms with van der Waals surface area (Å²) in [4.78, 5) is 39.2. The maximum absolute atomic E-state index is 11.3. The van der Waals surface area contributed by atoms with Crippen LogP contribution in [0.25, 0.3) is 0 Å². The van der Waals surface area contributed by atoms with Crippen LogP contribution in [0.3, 0.4) is 0 Å². The third kappa shape index (κ3) is 6.66. The third-order valence-electron chi connectivity index (χ3n) is 2.08. The van der Waals surface area contributed by atoms with Crippen LogP contribution in [0.2, 0.25) is 0 Å². The molecule has 0 fully saturated rings. The summed E-state index contributed by atoms with van der Waals surface area (Å²) in [5.74, 6) is -1.71. The zero-order valence-electron chi connectivity index (χ0n) is 10.1. The van der Waals surface area contributed by atoms with E-state index >= 15 is 0 Å². The van der Waals surface area contributed by atoms with Gasteiger partial charge in [0.05, 0.1) is 12.9 Å². The van der Waals surface area contributed by atoms with Crippen LogP contribution in [0.15, 0.2) is 12.5 Å². The molecule has 1 rings (SSSR count). The molecule has 1 aromatic heterocycles. The Hall–Kier alpha value is -2.58. The number of nitrogens with zero attached hydrogens (tertiary/aromatic N) is 1. The number of carbonyl (C=O) groups is 3. The van der Waals surface area contributed by atoms with Crippen LogP contribution >= 0.6 is 0 Å². The number of hydrogen-bond donors (Lipinski definition) is 5. The highest BCUT2D eigenvalue weighted by atomic mass is 16.4. The second-order valence-corrected chi connectivity index (χ2v) is 3.61. The first-order valence-corrected chi connectivity index (χ1v) is 5.55. The number of urea groups is 1. The van der Waals surface area contributed by atoms with Crippen molar-refractivity contribution in [3.63, 3.8) is 0 Å². The molecule has 0 radical (unpaired) electrons. The minimum Gasteiger partial charge on any atom is -0.480 e. The van der Waals surface area contributed by atoms with Gasteiger partial charge < -0.3 is 26.0 Å². The second kappa shape index (κ2) is 7.69. The average molecular weight is 269 g/mol. The van der Waals surface area contributed by atoms with Crippen LogP contribution < -0.4 is 16.0 Å². The molecule has 9 nitrogen and oxygen atoms in total. The van der Waals surface area contributed by atoms with E-state index in [4.69, 9.17) is 5.11 Å². The van der Waals surface area contributed by atoms with Crippen molar-refractivity contribution in [1.29, 1.82) is 0 Å². The van der Waals surface area contributed by atoms with E-state index in [1.807, 2.05) is 0 Å². The number of carboxylic acids is 1. The van der Waals surface area contributed by atoms with E-state index in [0.29, 0.717) is 13.0 Å². The number of amides is 3. The first kappa shape index (κ1) is 14.5.